The van der Waals surface area contributed by atoms with Crippen LogP contribution in [0, 0.1) is 6.92 Å². The second kappa shape index (κ2) is 5.34. The smallest absolute Gasteiger partial charge is 0.216 e. The van der Waals surface area contributed by atoms with Gasteiger partial charge in [-0.2, -0.15) is 0 Å². The fourth-order valence-corrected chi connectivity index (χ4v) is 4.87. The molecule has 0 radical (unpaired) electrons. The first-order chi connectivity index (χ1) is 11.4. The highest BCUT2D eigenvalue weighted by Crippen LogP contribution is 2.53. The molecule has 1 saturated carbocycles. The Kier molecular flexibility index (Phi) is 3.49. The molecule has 1 aromatic heterocycles. The van der Waals surface area contributed by atoms with Crippen LogP contribution in [0.5, 0.6) is 5.75 Å². The highest BCUT2D eigenvalue weighted by Gasteiger charge is 2.47. The van der Waals surface area contributed by atoms with Gasteiger partial charge >= 0.3 is 0 Å². The fourth-order valence-electron chi connectivity index (χ4n) is 4.87. The number of ether oxygens (including phenoxy) is 1. The van der Waals surface area contributed by atoms with E-state index in [0.29, 0.717) is 0 Å². The van der Waals surface area contributed by atoms with Crippen molar-refractivity contribution in [3.63, 3.8) is 0 Å². The zero-order valence-corrected chi connectivity index (χ0v) is 15.4. The van der Waals surface area contributed by atoms with Crippen LogP contribution in [0.3, 0.4) is 0 Å². The van der Waals surface area contributed by atoms with Crippen molar-refractivity contribution in [2.75, 3.05) is 0 Å². The molecule has 24 heavy (non-hydrogen) atoms. The van der Waals surface area contributed by atoms with Crippen molar-refractivity contribution in [3.05, 3.63) is 47.7 Å². The first kappa shape index (κ1) is 15.7. The minimum absolute atomic E-state index is 0.0480. The molecule has 2 heteroatoms. The Bertz CT molecular complexity index is 785. The average Bonchev–Trinajstić information content (AvgIpc) is 2.95. The van der Waals surface area contributed by atoms with Crippen molar-refractivity contribution in [2.24, 2.45) is 7.05 Å². The highest BCUT2D eigenvalue weighted by molar-refractivity contribution is 5.72. The monoisotopic (exact) mass is 322 g/mol. The van der Waals surface area contributed by atoms with Crippen LogP contribution in [0.4, 0.5) is 0 Å². The van der Waals surface area contributed by atoms with Crippen LogP contribution in [0.2, 0.25) is 0 Å². The van der Waals surface area contributed by atoms with Gasteiger partial charge < -0.3 is 4.74 Å². The molecule has 0 unspecified atom stereocenters. The van der Waals surface area contributed by atoms with Crippen LogP contribution < -0.4 is 9.30 Å². The topological polar surface area (TPSA) is 13.1 Å². The van der Waals surface area contributed by atoms with Gasteiger partial charge in [0.15, 0.2) is 6.20 Å². The van der Waals surface area contributed by atoms with Crippen molar-refractivity contribution in [3.8, 4) is 17.0 Å². The van der Waals surface area contributed by atoms with E-state index in [2.05, 4.69) is 68.9 Å². The number of fused-ring (bicyclic) bond motifs is 1. The summed E-state index contributed by atoms with van der Waals surface area (Å²) in [5.41, 5.74) is 5.37. The number of benzene rings is 1. The summed E-state index contributed by atoms with van der Waals surface area (Å²) in [5.74, 6) is 1.13. The van der Waals surface area contributed by atoms with Gasteiger partial charge in [-0.15, -0.1) is 0 Å². The number of hydrogen-bond acceptors (Lipinski definition) is 1. The third kappa shape index (κ3) is 2.35. The Hall–Kier alpha value is -1.83. The molecular weight excluding hydrogens is 294 g/mol. The summed E-state index contributed by atoms with van der Waals surface area (Å²) in [4.78, 5) is 0. The van der Waals surface area contributed by atoms with Gasteiger partial charge in [-0.1, -0.05) is 26.0 Å². The molecule has 4 rings (SSSR count). The summed E-state index contributed by atoms with van der Waals surface area (Å²) in [5, 5.41) is 0. The lowest BCUT2D eigenvalue weighted by atomic mass is 9.71. The Morgan fingerprint density at radius 2 is 1.79 bits per heavy atom. The molecule has 0 saturated heterocycles. The lowest BCUT2D eigenvalue weighted by Gasteiger charge is -2.45. The molecular formula is C22H28NO+. The number of aryl methyl sites for hydroxylation is 2. The minimum Gasteiger partial charge on any atom is -0.486 e. The normalized spacial score (nSPS) is 20.7. The van der Waals surface area contributed by atoms with Gasteiger partial charge in [0, 0.05) is 17.7 Å². The maximum Gasteiger partial charge on any atom is 0.216 e. The molecule has 2 heterocycles. The first-order valence-electron chi connectivity index (χ1n) is 9.20. The lowest BCUT2D eigenvalue weighted by Crippen LogP contribution is -2.44. The summed E-state index contributed by atoms with van der Waals surface area (Å²) >= 11 is 0. The predicted octanol–water partition coefficient (Wildman–Crippen LogP) is 4.86. The molecule has 1 fully saturated rings. The second-order valence-corrected chi connectivity index (χ2v) is 8.38. The molecule has 0 amide bonds. The molecule has 0 N–H and O–H groups in total. The van der Waals surface area contributed by atoms with Crippen LogP contribution >= 0.6 is 0 Å². The molecule has 0 bridgehead atoms. The van der Waals surface area contributed by atoms with E-state index in [0.717, 1.165) is 12.2 Å². The maximum absolute atomic E-state index is 6.82. The third-order valence-corrected chi connectivity index (χ3v) is 6.00. The Balaban J connectivity index is 1.96. The van der Waals surface area contributed by atoms with E-state index in [1.54, 1.807) is 0 Å². The van der Waals surface area contributed by atoms with E-state index >= 15 is 0 Å². The van der Waals surface area contributed by atoms with Crippen LogP contribution in [0.25, 0.3) is 11.3 Å². The van der Waals surface area contributed by atoms with E-state index in [1.165, 1.54) is 48.1 Å². The number of rotatable bonds is 1. The Labute approximate surface area is 145 Å². The molecule has 1 aromatic carbocycles. The van der Waals surface area contributed by atoms with E-state index in [-0.39, 0.29) is 11.0 Å². The van der Waals surface area contributed by atoms with Crippen molar-refractivity contribution in [1.29, 1.82) is 0 Å². The average molecular weight is 322 g/mol. The van der Waals surface area contributed by atoms with Crippen LogP contribution in [-0.4, -0.2) is 5.60 Å². The van der Waals surface area contributed by atoms with Crippen LogP contribution in [-0.2, 0) is 12.5 Å². The van der Waals surface area contributed by atoms with Crippen molar-refractivity contribution in [1.82, 2.24) is 0 Å². The standard InChI is InChI=1S/C22H28NO/c1-16-10-11-17-20(19(16)18-9-5-8-14-23(18)4)24-22(12-6-7-13-22)15-21(17,2)3/h5,8-11,14H,6-7,12-13,15H2,1-4H3/q+1. The Morgan fingerprint density at radius 3 is 2.50 bits per heavy atom. The number of aromatic nitrogens is 1. The van der Waals surface area contributed by atoms with E-state index in [9.17, 15) is 0 Å². The molecule has 2 aliphatic rings. The summed E-state index contributed by atoms with van der Waals surface area (Å²) in [6.45, 7) is 6.98. The number of pyridine rings is 1. The van der Waals surface area contributed by atoms with Crippen LogP contribution in [0.15, 0.2) is 36.5 Å². The number of hydrogen-bond donors (Lipinski definition) is 0. The number of nitrogens with zero attached hydrogens (tertiary/aromatic N) is 1. The van der Waals surface area contributed by atoms with Crippen molar-refractivity contribution >= 4 is 0 Å². The fraction of sp³-hybridized carbons (Fsp3) is 0.500. The molecule has 126 valence electrons. The van der Waals surface area contributed by atoms with Gasteiger partial charge in [-0.25, -0.2) is 4.57 Å². The maximum atomic E-state index is 6.82. The summed E-state index contributed by atoms with van der Waals surface area (Å²) in [7, 11) is 2.12. The molecule has 1 aliphatic heterocycles. The second-order valence-electron chi connectivity index (χ2n) is 8.38. The molecule has 1 spiro atoms. The lowest BCUT2D eigenvalue weighted by molar-refractivity contribution is -0.660. The van der Waals surface area contributed by atoms with Crippen molar-refractivity contribution in [2.45, 2.75) is 63.9 Å². The van der Waals surface area contributed by atoms with Gasteiger partial charge in [0.1, 0.15) is 18.4 Å². The summed E-state index contributed by atoms with van der Waals surface area (Å²) in [6, 6.07) is 11.0. The molecule has 2 nitrogen and oxygen atoms in total. The van der Waals surface area contributed by atoms with Gasteiger partial charge in [0.25, 0.3) is 0 Å². The SMILES string of the molecule is Cc1ccc2c(c1-c1cccc[n+]1C)OC1(CCCC1)CC2(C)C. The Morgan fingerprint density at radius 1 is 1.04 bits per heavy atom. The zero-order valence-electron chi connectivity index (χ0n) is 15.4. The first-order valence-corrected chi connectivity index (χ1v) is 9.20. The third-order valence-electron chi connectivity index (χ3n) is 6.00. The van der Waals surface area contributed by atoms with Gasteiger partial charge in [0.05, 0.1) is 5.56 Å². The highest BCUT2D eigenvalue weighted by atomic mass is 16.5. The predicted molar refractivity (Wildman–Crippen MR) is 97.3 cm³/mol. The largest absolute Gasteiger partial charge is 0.486 e. The van der Waals surface area contributed by atoms with Gasteiger partial charge in [0.2, 0.25) is 5.69 Å². The molecule has 1 aliphatic carbocycles. The summed E-state index contributed by atoms with van der Waals surface area (Å²) < 4.78 is 9.03. The molecule has 0 atom stereocenters. The molecule has 2 aromatic rings. The van der Waals surface area contributed by atoms with Crippen LogP contribution in [0.1, 0.15) is 57.1 Å². The van der Waals surface area contributed by atoms with E-state index < -0.39 is 0 Å². The summed E-state index contributed by atoms with van der Waals surface area (Å²) in [6.07, 6.45) is 8.25. The van der Waals surface area contributed by atoms with Crippen molar-refractivity contribution < 1.29 is 9.30 Å². The van der Waals surface area contributed by atoms with E-state index in [1.807, 2.05) is 0 Å². The zero-order chi connectivity index (χ0) is 16.9. The van der Waals surface area contributed by atoms with Gasteiger partial charge in [-0.05, 0) is 56.1 Å². The van der Waals surface area contributed by atoms with Gasteiger partial charge in [-0.3, -0.25) is 0 Å². The van der Waals surface area contributed by atoms with E-state index in [4.69, 9.17) is 4.74 Å². The minimum atomic E-state index is 0.0480. The quantitative estimate of drug-likeness (QED) is 0.683.